The lowest BCUT2D eigenvalue weighted by molar-refractivity contribution is -0.121. The summed E-state index contributed by atoms with van der Waals surface area (Å²) in [5.74, 6) is 0.982. The first kappa shape index (κ1) is 12.8. The topological polar surface area (TPSA) is 76.7 Å². The van der Waals surface area contributed by atoms with Gasteiger partial charge in [0.2, 0.25) is 12.7 Å². The van der Waals surface area contributed by atoms with Gasteiger partial charge in [-0.05, 0) is 31.0 Å². The van der Waals surface area contributed by atoms with E-state index in [9.17, 15) is 9.59 Å². The van der Waals surface area contributed by atoms with Crippen molar-refractivity contribution >= 4 is 11.8 Å². The first-order chi connectivity index (χ1) is 9.72. The van der Waals surface area contributed by atoms with Crippen molar-refractivity contribution in [2.45, 2.75) is 25.3 Å². The molecule has 6 nitrogen and oxygen atoms in total. The van der Waals surface area contributed by atoms with Crippen LogP contribution >= 0.6 is 0 Å². The molecule has 0 radical (unpaired) electrons. The largest absolute Gasteiger partial charge is 0.454 e. The Morgan fingerprint density at radius 3 is 2.80 bits per heavy atom. The highest BCUT2D eigenvalue weighted by Gasteiger charge is 2.23. The summed E-state index contributed by atoms with van der Waals surface area (Å²) in [6, 6.07) is 5.37. The lowest BCUT2D eigenvalue weighted by Gasteiger charge is -2.06. The number of hydrogen-bond acceptors (Lipinski definition) is 4. The van der Waals surface area contributed by atoms with Gasteiger partial charge in [-0.25, -0.2) is 0 Å². The van der Waals surface area contributed by atoms with E-state index in [-0.39, 0.29) is 18.6 Å². The normalized spacial score (nSPS) is 15.8. The van der Waals surface area contributed by atoms with E-state index in [4.69, 9.17) is 9.47 Å². The molecule has 2 amide bonds. The van der Waals surface area contributed by atoms with E-state index in [1.165, 1.54) is 0 Å². The molecule has 0 saturated heterocycles. The van der Waals surface area contributed by atoms with Gasteiger partial charge in [0.15, 0.2) is 11.5 Å². The van der Waals surface area contributed by atoms with Gasteiger partial charge in [0.25, 0.3) is 5.91 Å². The molecule has 1 fully saturated rings. The summed E-state index contributed by atoms with van der Waals surface area (Å²) in [5.41, 5.74) is 0.497. The third-order valence-corrected chi connectivity index (χ3v) is 3.21. The number of carbonyl (C=O) groups excluding carboxylic acids is 2. The lowest BCUT2D eigenvalue weighted by atomic mass is 10.2. The van der Waals surface area contributed by atoms with Crippen LogP contribution < -0.4 is 20.1 Å². The predicted molar refractivity (Wildman–Crippen MR) is 70.7 cm³/mol. The quantitative estimate of drug-likeness (QED) is 0.834. The fraction of sp³-hybridized carbons (Fsp3) is 0.429. The first-order valence-corrected chi connectivity index (χ1v) is 6.69. The zero-order chi connectivity index (χ0) is 13.9. The molecule has 20 heavy (non-hydrogen) atoms. The average molecular weight is 276 g/mol. The Kier molecular flexibility index (Phi) is 3.45. The molecule has 0 unspecified atom stereocenters. The Balaban J connectivity index is 1.47. The second-order valence-electron chi connectivity index (χ2n) is 4.92. The van der Waals surface area contributed by atoms with E-state index >= 15 is 0 Å². The van der Waals surface area contributed by atoms with Gasteiger partial charge in [-0.3, -0.25) is 9.59 Å². The molecule has 2 N–H and O–H groups in total. The van der Waals surface area contributed by atoms with Crippen LogP contribution in [0.1, 0.15) is 29.6 Å². The maximum atomic E-state index is 11.9. The molecule has 0 bridgehead atoms. The van der Waals surface area contributed by atoms with Crippen molar-refractivity contribution in [3.8, 4) is 11.5 Å². The molecule has 0 atom stereocenters. The summed E-state index contributed by atoms with van der Waals surface area (Å²) < 4.78 is 10.4. The van der Waals surface area contributed by atoms with E-state index in [0.717, 1.165) is 12.8 Å². The van der Waals surface area contributed by atoms with Crippen molar-refractivity contribution in [2.24, 2.45) is 0 Å². The molecule has 1 heterocycles. The summed E-state index contributed by atoms with van der Waals surface area (Å²) in [7, 11) is 0. The van der Waals surface area contributed by atoms with Gasteiger partial charge in [-0.1, -0.05) is 0 Å². The van der Waals surface area contributed by atoms with Gasteiger partial charge < -0.3 is 20.1 Å². The number of amides is 2. The number of nitrogens with one attached hydrogen (secondary N) is 2. The Bertz CT molecular complexity index is 540. The highest BCUT2D eigenvalue weighted by Crippen LogP contribution is 2.32. The highest BCUT2D eigenvalue weighted by atomic mass is 16.7. The molecule has 106 valence electrons. The average Bonchev–Trinajstić information content (AvgIpc) is 3.12. The van der Waals surface area contributed by atoms with Crippen molar-refractivity contribution in [1.29, 1.82) is 0 Å². The van der Waals surface area contributed by atoms with Crippen molar-refractivity contribution < 1.29 is 19.1 Å². The minimum Gasteiger partial charge on any atom is -0.454 e. The first-order valence-electron chi connectivity index (χ1n) is 6.69. The molecule has 1 saturated carbocycles. The number of hydrogen-bond donors (Lipinski definition) is 2. The Hall–Kier alpha value is -2.24. The number of fused-ring (bicyclic) bond motifs is 1. The molecule has 6 heteroatoms. The standard InChI is InChI=1S/C14H16N2O4/c17-13(16-10-2-3-10)5-6-15-14(18)9-1-4-11-12(7-9)20-8-19-11/h1,4,7,10H,2-3,5-6,8H2,(H,15,18)(H,16,17). The number of rotatable bonds is 5. The zero-order valence-electron chi connectivity index (χ0n) is 11.0. The maximum absolute atomic E-state index is 11.9. The molecule has 1 aromatic carbocycles. The molecule has 0 aromatic heterocycles. The van der Waals surface area contributed by atoms with Gasteiger partial charge >= 0.3 is 0 Å². The second-order valence-corrected chi connectivity index (χ2v) is 4.92. The highest BCUT2D eigenvalue weighted by molar-refractivity contribution is 5.95. The number of carbonyl (C=O) groups is 2. The monoisotopic (exact) mass is 276 g/mol. The number of ether oxygens (including phenoxy) is 2. The minimum atomic E-state index is -0.220. The van der Waals surface area contributed by atoms with Gasteiger partial charge in [-0.2, -0.15) is 0 Å². The van der Waals surface area contributed by atoms with E-state index in [0.29, 0.717) is 36.1 Å². The molecule has 2 aliphatic rings. The van der Waals surface area contributed by atoms with Crippen LogP contribution in [0.15, 0.2) is 18.2 Å². The van der Waals surface area contributed by atoms with Crippen LogP contribution in [-0.2, 0) is 4.79 Å². The van der Waals surface area contributed by atoms with Crippen LogP contribution in [-0.4, -0.2) is 31.2 Å². The Morgan fingerprint density at radius 2 is 2.00 bits per heavy atom. The molecular formula is C14H16N2O4. The lowest BCUT2D eigenvalue weighted by Crippen LogP contribution is -2.31. The Morgan fingerprint density at radius 1 is 1.20 bits per heavy atom. The van der Waals surface area contributed by atoms with Gasteiger partial charge in [0, 0.05) is 24.6 Å². The summed E-state index contributed by atoms with van der Waals surface area (Å²) in [4.78, 5) is 23.4. The minimum absolute atomic E-state index is 0.0153. The smallest absolute Gasteiger partial charge is 0.251 e. The Labute approximate surface area is 116 Å². The van der Waals surface area contributed by atoms with E-state index in [1.807, 2.05) is 0 Å². The van der Waals surface area contributed by atoms with Crippen molar-refractivity contribution in [3.05, 3.63) is 23.8 Å². The molecule has 1 aliphatic heterocycles. The van der Waals surface area contributed by atoms with Crippen LogP contribution in [0.4, 0.5) is 0 Å². The van der Waals surface area contributed by atoms with Crippen LogP contribution in [0.25, 0.3) is 0 Å². The fourth-order valence-electron chi connectivity index (χ4n) is 1.96. The van der Waals surface area contributed by atoms with Gasteiger partial charge in [0.1, 0.15) is 0 Å². The van der Waals surface area contributed by atoms with Gasteiger partial charge in [-0.15, -0.1) is 0 Å². The fourth-order valence-corrected chi connectivity index (χ4v) is 1.96. The molecule has 1 aromatic rings. The van der Waals surface area contributed by atoms with Crippen LogP contribution in [0.3, 0.4) is 0 Å². The number of benzene rings is 1. The zero-order valence-corrected chi connectivity index (χ0v) is 11.0. The summed E-state index contributed by atoms with van der Waals surface area (Å²) in [5, 5.41) is 5.59. The van der Waals surface area contributed by atoms with Crippen molar-refractivity contribution in [2.75, 3.05) is 13.3 Å². The third kappa shape index (κ3) is 3.01. The van der Waals surface area contributed by atoms with E-state index in [1.54, 1.807) is 18.2 Å². The SMILES string of the molecule is O=C(CCNC(=O)c1ccc2c(c1)OCO2)NC1CC1. The predicted octanol–water partition coefficient (Wildman–Crippen LogP) is 0.814. The van der Waals surface area contributed by atoms with Crippen LogP contribution in [0.5, 0.6) is 11.5 Å². The van der Waals surface area contributed by atoms with Gasteiger partial charge in [0.05, 0.1) is 0 Å². The molecule has 0 spiro atoms. The van der Waals surface area contributed by atoms with E-state index < -0.39 is 0 Å². The molecular weight excluding hydrogens is 260 g/mol. The van der Waals surface area contributed by atoms with E-state index in [2.05, 4.69) is 10.6 Å². The summed E-state index contributed by atoms with van der Waals surface area (Å²) in [6.45, 7) is 0.508. The van der Waals surface area contributed by atoms with Crippen molar-refractivity contribution in [3.63, 3.8) is 0 Å². The van der Waals surface area contributed by atoms with Crippen LogP contribution in [0, 0.1) is 0 Å². The molecule has 1 aliphatic carbocycles. The third-order valence-electron chi connectivity index (χ3n) is 3.21. The summed E-state index contributed by atoms with van der Waals surface area (Å²) in [6.07, 6.45) is 2.43. The van der Waals surface area contributed by atoms with Crippen LogP contribution in [0.2, 0.25) is 0 Å². The second kappa shape index (κ2) is 5.40. The van der Waals surface area contributed by atoms with Crippen molar-refractivity contribution in [1.82, 2.24) is 10.6 Å². The summed E-state index contributed by atoms with van der Waals surface area (Å²) >= 11 is 0. The maximum Gasteiger partial charge on any atom is 0.251 e. The molecule has 3 rings (SSSR count).